The van der Waals surface area contributed by atoms with Crippen molar-refractivity contribution < 1.29 is 14.4 Å². The monoisotopic (exact) mass is 212 g/mol. The largest absolute Gasteiger partial charge is 0.476 e. The lowest BCUT2D eigenvalue weighted by molar-refractivity contribution is 0.0685. The minimum Gasteiger partial charge on any atom is -0.476 e. The number of nitrogens with zero attached hydrogens (tertiary/aromatic N) is 1. The van der Waals surface area contributed by atoms with Gasteiger partial charge in [-0.1, -0.05) is 25.9 Å². The zero-order valence-corrected chi connectivity index (χ0v) is 9.20. The van der Waals surface area contributed by atoms with E-state index in [1.807, 2.05) is 0 Å². The molecule has 0 amide bonds. The Morgan fingerprint density at radius 3 is 2.73 bits per heavy atom. The summed E-state index contributed by atoms with van der Waals surface area (Å²) in [6, 6.07) is 1.43. The molecule has 0 saturated carbocycles. The molecule has 0 aliphatic heterocycles. The first-order chi connectivity index (χ1) is 6.88. The number of hydrogen-bond donors (Lipinski definition) is 2. The standard InChI is InChI=1S/C10H16N2O3/c1-10(2,3)6-11-5-7-4-8(9(13)14)12-15-7/h4,11H,5-6H2,1-3H3,(H,13,14). The van der Waals surface area contributed by atoms with Crippen LogP contribution < -0.4 is 5.32 Å². The molecule has 1 rings (SSSR count). The Bertz CT molecular complexity index is 339. The lowest BCUT2D eigenvalue weighted by Gasteiger charge is -2.17. The Morgan fingerprint density at radius 1 is 1.60 bits per heavy atom. The SMILES string of the molecule is CC(C)(C)CNCc1cc(C(=O)O)no1. The zero-order valence-electron chi connectivity index (χ0n) is 9.20. The minimum absolute atomic E-state index is 0.0532. The molecule has 0 saturated heterocycles. The Morgan fingerprint density at radius 2 is 2.27 bits per heavy atom. The molecule has 5 nitrogen and oxygen atoms in total. The molecule has 2 N–H and O–H groups in total. The number of carboxylic acid groups (broad SMARTS) is 1. The van der Waals surface area contributed by atoms with E-state index >= 15 is 0 Å². The number of aromatic carboxylic acids is 1. The summed E-state index contributed by atoms with van der Waals surface area (Å²) in [7, 11) is 0. The summed E-state index contributed by atoms with van der Waals surface area (Å²) in [6.07, 6.45) is 0. The van der Waals surface area contributed by atoms with Crippen LogP contribution in [0, 0.1) is 5.41 Å². The smallest absolute Gasteiger partial charge is 0.358 e. The molecular formula is C10H16N2O3. The third-order valence-electron chi connectivity index (χ3n) is 1.73. The fourth-order valence-electron chi connectivity index (χ4n) is 1.06. The van der Waals surface area contributed by atoms with E-state index in [4.69, 9.17) is 9.63 Å². The van der Waals surface area contributed by atoms with Crippen LogP contribution >= 0.6 is 0 Å². The van der Waals surface area contributed by atoms with Gasteiger partial charge in [0, 0.05) is 12.6 Å². The topological polar surface area (TPSA) is 75.4 Å². The molecular weight excluding hydrogens is 196 g/mol. The summed E-state index contributed by atoms with van der Waals surface area (Å²) in [6.45, 7) is 7.67. The van der Waals surface area contributed by atoms with Gasteiger partial charge in [-0.05, 0) is 5.41 Å². The Kier molecular flexibility index (Phi) is 3.47. The van der Waals surface area contributed by atoms with Crippen LogP contribution in [0.2, 0.25) is 0 Å². The molecule has 0 aliphatic rings. The Hall–Kier alpha value is -1.36. The maximum absolute atomic E-state index is 10.5. The van der Waals surface area contributed by atoms with Gasteiger partial charge in [-0.25, -0.2) is 4.79 Å². The van der Waals surface area contributed by atoms with E-state index in [-0.39, 0.29) is 11.1 Å². The maximum atomic E-state index is 10.5. The van der Waals surface area contributed by atoms with Crippen LogP contribution in [0.5, 0.6) is 0 Å². The third-order valence-corrected chi connectivity index (χ3v) is 1.73. The van der Waals surface area contributed by atoms with Crippen molar-refractivity contribution in [3.63, 3.8) is 0 Å². The lowest BCUT2D eigenvalue weighted by atomic mass is 9.97. The summed E-state index contributed by atoms with van der Waals surface area (Å²) >= 11 is 0. The van der Waals surface area contributed by atoms with E-state index in [2.05, 4.69) is 31.2 Å². The molecule has 0 aliphatic carbocycles. The van der Waals surface area contributed by atoms with Crippen LogP contribution in [0.4, 0.5) is 0 Å². The fourth-order valence-corrected chi connectivity index (χ4v) is 1.06. The van der Waals surface area contributed by atoms with E-state index in [1.165, 1.54) is 6.07 Å². The second kappa shape index (κ2) is 4.44. The summed E-state index contributed by atoms with van der Waals surface area (Å²) in [5, 5.41) is 15.2. The van der Waals surface area contributed by atoms with Gasteiger partial charge in [-0.3, -0.25) is 0 Å². The second-order valence-corrected chi connectivity index (χ2v) is 4.65. The minimum atomic E-state index is -1.07. The second-order valence-electron chi connectivity index (χ2n) is 4.65. The van der Waals surface area contributed by atoms with Gasteiger partial charge < -0.3 is 14.9 Å². The highest BCUT2D eigenvalue weighted by Crippen LogP contribution is 2.11. The summed E-state index contributed by atoms with van der Waals surface area (Å²) < 4.78 is 4.85. The Balaban J connectivity index is 2.41. The fraction of sp³-hybridized carbons (Fsp3) is 0.600. The quantitative estimate of drug-likeness (QED) is 0.791. The number of hydrogen-bond acceptors (Lipinski definition) is 4. The summed E-state index contributed by atoms with van der Waals surface area (Å²) in [4.78, 5) is 10.5. The zero-order chi connectivity index (χ0) is 11.5. The highest BCUT2D eigenvalue weighted by molar-refractivity contribution is 5.85. The maximum Gasteiger partial charge on any atom is 0.358 e. The number of carboxylic acids is 1. The molecule has 0 bridgehead atoms. The van der Waals surface area contributed by atoms with Crippen molar-refractivity contribution in [1.29, 1.82) is 0 Å². The van der Waals surface area contributed by atoms with Gasteiger partial charge in [0.1, 0.15) is 0 Å². The summed E-state index contributed by atoms with van der Waals surface area (Å²) in [5.41, 5.74) is 0.137. The predicted octanol–water partition coefficient (Wildman–Crippen LogP) is 1.51. The molecule has 0 atom stereocenters. The molecule has 0 aromatic carbocycles. The average Bonchev–Trinajstić information content (AvgIpc) is 2.50. The first-order valence-electron chi connectivity index (χ1n) is 4.78. The van der Waals surface area contributed by atoms with Gasteiger partial charge in [-0.15, -0.1) is 0 Å². The highest BCUT2D eigenvalue weighted by atomic mass is 16.5. The molecule has 0 radical (unpaired) electrons. The molecule has 84 valence electrons. The van der Waals surface area contributed by atoms with Crippen LogP contribution in [0.15, 0.2) is 10.6 Å². The number of carbonyl (C=O) groups is 1. The third kappa shape index (κ3) is 4.12. The van der Waals surface area contributed by atoms with Gasteiger partial charge in [0.2, 0.25) is 0 Å². The van der Waals surface area contributed by atoms with Crippen LogP contribution in [0.25, 0.3) is 0 Å². The average molecular weight is 212 g/mol. The van der Waals surface area contributed by atoms with Crippen LogP contribution in [-0.4, -0.2) is 22.8 Å². The molecule has 0 unspecified atom stereocenters. The molecule has 0 spiro atoms. The van der Waals surface area contributed by atoms with Gasteiger partial charge in [0.25, 0.3) is 0 Å². The summed E-state index contributed by atoms with van der Waals surface area (Å²) in [5.74, 6) is -0.530. The van der Waals surface area contributed by atoms with Crippen LogP contribution in [0.1, 0.15) is 37.0 Å². The number of aromatic nitrogens is 1. The van der Waals surface area contributed by atoms with Gasteiger partial charge >= 0.3 is 5.97 Å². The molecule has 1 aromatic heterocycles. The van der Waals surface area contributed by atoms with Crippen molar-refractivity contribution in [1.82, 2.24) is 10.5 Å². The van der Waals surface area contributed by atoms with Crippen LogP contribution in [-0.2, 0) is 6.54 Å². The van der Waals surface area contributed by atoms with Crippen molar-refractivity contribution >= 4 is 5.97 Å². The van der Waals surface area contributed by atoms with Crippen molar-refractivity contribution in [2.75, 3.05) is 6.54 Å². The molecule has 0 fully saturated rings. The van der Waals surface area contributed by atoms with Crippen molar-refractivity contribution in [3.8, 4) is 0 Å². The van der Waals surface area contributed by atoms with Crippen molar-refractivity contribution in [2.45, 2.75) is 27.3 Å². The van der Waals surface area contributed by atoms with E-state index in [9.17, 15) is 4.79 Å². The lowest BCUT2D eigenvalue weighted by Crippen LogP contribution is -2.26. The van der Waals surface area contributed by atoms with Gasteiger partial charge in [0.15, 0.2) is 11.5 Å². The molecule has 1 aromatic rings. The van der Waals surface area contributed by atoms with E-state index in [0.717, 1.165) is 6.54 Å². The molecule has 1 heterocycles. The molecule has 5 heteroatoms. The first kappa shape index (κ1) is 11.7. The number of nitrogens with one attached hydrogen (secondary N) is 1. The van der Waals surface area contributed by atoms with Crippen molar-refractivity contribution in [3.05, 3.63) is 17.5 Å². The van der Waals surface area contributed by atoms with Crippen molar-refractivity contribution in [2.24, 2.45) is 5.41 Å². The van der Waals surface area contributed by atoms with Gasteiger partial charge in [-0.2, -0.15) is 0 Å². The van der Waals surface area contributed by atoms with Crippen LogP contribution in [0.3, 0.4) is 0 Å². The normalized spacial score (nSPS) is 11.7. The predicted molar refractivity (Wildman–Crippen MR) is 54.6 cm³/mol. The number of rotatable bonds is 4. The molecule has 15 heavy (non-hydrogen) atoms. The van der Waals surface area contributed by atoms with E-state index in [0.29, 0.717) is 12.3 Å². The highest BCUT2D eigenvalue weighted by Gasteiger charge is 2.12. The van der Waals surface area contributed by atoms with E-state index in [1.54, 1.807) is 0 Å². The van der Waals surface area contributed by atoms with E-state index < -0.39 is 5.97 Å². The first-order valence-corrected chi connectivity index (χ1v) is 4.78. The Labute approximate surface area is 88.5 Å². The van der Waals surface area contributed by atoms with Gasteiger partial charge in [0.05, 0.1) is 6.54 Å².